The van der Waals surface area contributed by atoms with Crippen LogP contribution < -0.4 is 5.32 Å². The molecular weight excluding hydrogens is 169 g/mol. The van der Waals surface area contributed by atoms with Crippen LogP contribution in [0.1, 0.15) is 23.2 Å². The molecular formula is C10H8FNO. The van der Waals surface area contributed by atoms with Crippen LogP contribution in [0, 0.1) is 5.82 Å². The number of anilines is 1. The molecule has 3 heteroatoms. The summed E-state index contributed by atoms with van der Waals surface area (Å²) in [7, 11) is 0. The molecule has 13 heavy (non-hydrogen) atoms. The summed E-state index contributed by atoms with van der Waals surface area (Å²) in [6.45, 7) is 0. The third kappa shape index (κ3) is 0.789. The molecule has 1 aliphatic carbocycles. The smallest absolute Gasteiger partial charge is 0.190 e. The van der Waals surface area contributed by atoms with Crippen molar-refractivity contribution in [2.75, 3.05) is 5.32 Å². The molecule has 1 aromatic carbocycles. The van der Waals surface area contributed by atoms with Crippen molar-refractivity contribution in [3.63, 3.8) is 0 Å². The third-order valence-electron chi connectivity index (χ3n) is 2.78. The number of fused-ring (bicyclic) bond motifs is 1. The summed E-state index contributed by atoms with van der Waals surface area (Å²) in [6.07, 6.45) is 1.75. The van der Waals surface area contributed by atoms with Gasteiger partial charge >= 0.3 is 0 Å². The molecule has 1 spiro atoms. The highest BCUT2D eigenvalue weighted by Gasteiger charge is 2.54. The highest BCUT2D eigenvalue weighted by molar-refractivity contribution is 6.15. The van der Waals surface area contributed by atoms with Gasteiger partial charge in [0.15, 0.2) is 5.78 Å². The summed E-state index contributed by atoms with van der Waals surface area (Å²) in [5, 5.41) is 3.15. The zero-order chi connectivity index (χ0) is 9.05. The lowest BCUT2D eigenvalue weighted by atomic mass is 10.1. The molecule has 0 bridgehead atoms. The van der Waals surface area contributed by atoms with Gasteiger partial charge in [0.1, 0.15) is 11.4 Å². The second-order valence-corrected chi connectivity index (χ2v) is 3.73. The lowest BCUT2D eigenvalue weighted by Crippen LogP contribution is -2.23. The molecule has 1 aliphatic heterocycles. The fraction of sp³-hybridized carbons (Fsp3) is 0.300. The second-order valence-electron chi connectivity index (χ2n) is 3.73. The molecule has 0 radical (unpaired) electrons. The largest absolute Gasteiger partial charge is 0.372 e. The van der Waals surface area contributed by atoms with E-state index in [0.717, 1.165) is 18.5 Å². The highest BCUT2D eigenvalue weighted by atomic mass is 19.1. The van der Waals surface area contributed by atoms with Crippen LogP contribution in [0.25, 0.3) is 0 Å². The van der Waals surface area contributed by atoms with E-state index in [9.17, 15) is 9.18 Å². The minimum absolute atomic E-state index is 0.0574. The Morgan fingerprint density at radius 3 is 2.85 bits per heavy atom. The summed E-state index contributed by atoms with van der Waals surface area (Å²) in [5.74, 6) is -0.284. The summed E-state index contributed by atoms with van der Waals surface area (Å²) in [5.41, 5.74) is 0.942. The van der Waals surface area contributed by atoms with Crippen LogP contribution >= 0.6 is 0 Å². The first-order valence-electron chi connectivity index (χ1n) is 4.34. The molecule has 1 saturated carbocycles. The average molecular weight is 177 g/mol. The maximum absolute atomic E-state index is 12.8. The quantitative estimate of drug-likeness (QED) is 0.656. The molecule has 0 aromatic heterocycles. The summed E-state index contributed by atoms with van der Waals surface area (Å²) in [6, 6.07) is 4.33. The van der Waals surface area contributed by atoms with Crippen molar-refractivity contribution in [2.45, 2.75) is 18.4 Å². The van der Waals surface area contributed by atoms with Crippen molar-refractivity contribution in [3.05, 3.63) is 29.6 Å². The van der Waals surface area contributed by atoms with Crippen molar-refractivity contribution in [2.24, 2.45) is 0 Å². The van der Waals surface area contributed by atoms with Crippen LogP contribution in [0.15, 0.2) is 18.2 Å². The number of benzene rings is 1. The van der Waals surface area contributed by atoms with E-state index in [1.54, 1.807) is 6.07 Å². The zero-order valence-electron chi connectivity index (χ0n) is 6.93. The monoisotopic (exact) mass is 177 g/mol. The van der Waals surface area contributed by atoms with E-state index in [2.05, 4.69) is 5.32 Å². The Balaban J connectivity index is 2.18. The molecule has 3 rings (SSSR count). The van der Waals surface area contributed by atoms with E-state index < -0.39 is 0 Å². The minimum Gasteiger partial charge on any atom is -0.372 e. The predicted molar refractivity (Wildman–Crippen MR) is 46.3 cm³/mol. The molecule has 66 valence electrons. The van der Waals surface area contributed by atoms with Gasteiger partial charge in [0.2, 0.25) is 0 Å². The average Bonchev–Trinajstić information content (AvgIpc) is 2.83. The predicted octanol–water partition coefficient (Wildman–Crippen LogP) is 1.97. The SMILES string of the molecule is O=C1c2cc(F)ccc2NC12CC2. The minimum atomic E-state index is -0.351. The number of hydrogen-bond donors (Lipinski definition) is 1. The number of carbonyl (C=O) groups excluding carboxylic acids is 1. The Morgan fingerprint density at radius 2 is 2.15 bits per heavy atom. The van der Waals surface area contributed by atoms with Gasteiger partial charge in [-0.25, -0.2) is 4.39 Å². The number of ketones is 1. The highest BCUT2D eigenvalue weighted by Crippen LogP contribution is 2.47. The van der Waals surface area contributed by atoms with E-state index in [-0.39, 0.29) is 17.1 Å². The zero-order valence-corrected chi connectivity index (χ0v) is 6.93. The first-order valence-corrected chi connectivity index (χ1v) is 4.34. The van der Waals surface area contributed by atoms with Gasteiger partial charge in [-0.1, -0.05) is 0 Å². The van der Waals surface area contributed by atoms with E-state index in [1.165, 1.54) is 12.1 Å². The van der Waals surface area contributed by atoms with Crippen LogP contribution in [0.4, 0.5) is 10.1 Å². The van der Waals surface area contributed by atoms with Crippen LogP contribution in [0.5, 0.6) is 0 Å². The molecule has 1 N–H and O–H groups in total. The van der Waals surface area contributed by atoms with Gasteiger partial charge in [-0.3, -0.25) is 4.79 Å². The van der Waals surface area contributed by atoms with Gasteiger partial charge in [-0.15, -0.1) is 0 Å². The molecule has 0 unspecified atom stereocenters. The Labute approximate surface area is 74.8 Å². The summed E-state index contributed by atoms with van der Waals surface area (Å²) >= 11 is 0. The van der Waals surface area contributed by atoms with Gasteiger partial charge in [0.25, 0.3) is 0 Å². The van der Waals surface area contributed by atoms with E-state index in [1.807, 2.05) is 0 Å². The normalized spacial score (nSPS) is 21.5. The standard InChI is InChI=1S/C10H8FNO/c11-6-1-2-8-7(5-6)9(13)10(12-8)3-4-10/h1-2,5,12H,3-4H2. The van der Waals surface area contributed by atoms with Crippen LogP contribution in [0.2, 0.25) is 0 Å². The van der Waals surface area contributed by atoms with Gasteiger partial charge < -0.3 is 5.32 Å². The number of carbonyl (C=O) groups is 1. The van der Waals surface area contributed by atoms with E-state index in [4.69, 9.17) is 0 Å². The molecule has 2 aliphatic rings. The fourth-order valence-corrected chi connectivity index (χ4v) is 1.86. The van der Waals surface area contributed by atoms with E-state index >= 15 is 0 Å². The lowest BCUT2D eigenvalue weighted by molar-refractivity contribution is 0.0969. The van der Waals surface area contributed by atoms with Gasteiger partial charge in [0.05, 0.1) is 0 Å². The van der Waals surface area contributed by atoms with Crippen molar-refractivity contribution in [1.82, 2.24) is 0 Å². The Morgan fingerprint density at radius 1 is 1.38 bits per heavy atom. The first-order chi connectivity index (χ1) is 6.21. The van der Waals surface area contributed by atoms with Crippen molar-refractivity contribution in [1.29, 1.82) is 0 Å². The van der Waals surface area contributed by atoms with Crippen LogP contribution in [-0.2, 0) is 0 Å². The van der Waals surface area contributed by atoms with Crippen molar-refractivity contribution < 1.29 is 9.18 Å². The van der Waals surface area contributed by atoms with Crippen molar-refractivity contribution >= 4 is 11.5 Å². The topological polar surface area (TPSA) is 29.1 Å². The van der Waals surface area contributed by atoms with Crippen LogP contribution in [0.3, 0.4) is 0 Å². The molecule has 1 fully saturated rings. The number of Topliss-reactive ketones (excluding diaryl/α,β-unsaturated/α-hetero) is 1. The van der Waals surface area contributed by atoms with Gasteiger partial charge in [-0.2, -0.15) is 0 Å². The second kappa shape index (κ2) is 1.92. The summed E-state index contributed by atoms with van der Waals surface area (Å²) < 4.78 is 12.8. The van der Waals surface area contributed by atoms with Gasteiger partial charge in [0, 0.05) is 11.3 Å². The molecule has 1 heterocycles. The third-order valence-corrected chi connectivity index (χ3v) is 2.78. The fourth-order valence-electron chi connectivity index (χ4n) is 1.86. The number of rotatable bonds is 0. The first kappa shape index (κ1) is 7.06. The van der Waals surface area contributed by atoms with Gasteiger partial charge in [-0.05, 0) is 31.0 Å². The molecule has 2 nitrogen and oxygen atoms in total. The molecule has 0 amide bonds. The number of hydrogen-bond acceptors (Lipinski definition) is 2. The lowest BCUT2D eigenvalue weighted by Gasteiger charge is -2.03. The summed E-state index contributed by atoms with van der Waals surface area (Å²) in [4.78, 5) is 11.7. The van der Waals surface area contributed by atoms with Crippen molar-refractivity contribution in [3.8, 4) is 0 Å². The Kier molecular flexibility index (Phi) is 1.04. The number of halogens is 1. The van der Waals surface area contributed by atoms with Crippen LogP contribution in [-0.4, -0.2) is 11.3 Å². The van der Waals surface area contributed by atoms with E-state index in [0.29, 0.717) is 5.56 Å². The maximum Gasteiger partial charge on any atom is 0.190 e. The maximum atomic E-state index is 12.8. The Bertz CT molecular complexity index is 409. The molecule has 0 saturated heterocycles. The molecule has 1 aromatic rings. The Hall–Kier alpha value is -1.38. The number of nitrogens with one attached hydrogen (secondary N) is 1. The molecule has 0 atom stereocenters.